The molecule has 19 heavy (non-hydrogen) atoms. The van der Waals surface area contributed by atoms with Crippen LogP contribution < -0.4 is 4.74 Å². The zero-order valence-electron chi connectivity index (χ0n) is 9.76. The van der Waals surface area contributed by atoms with Crippen LogP contribution in [-0.4, -0.2) is 23.0 Å². The molecule has 0 fully saturated rings. The molecule has 0 aliphatic rings. The molecule has 1 aromatic heterocycles. The number of hydrogen-bond donors (Lipinski definition) is 0. The first-order chi connectivity index (χ1) is 9.10. The summed E-state index contributed by atoms with van der Waals surface area (Å²) < 4.78 is 23.0. The number of nitrogens with zero attached hydrogens (tertiary/aromatic N) is 2. The average molecular weight is 283 g/mol. The van der Waals surface area contributed by atoms with Gasteiger partial charge in [-0.05, 0) is 12.1 Å². The Balaban J connectivity index is 2.23. The van der Waals surface area contributed by atoms with Crippen molar-refractivity contribution >= 4 is 17.6 Å². The Morgan fingerprint density at radius 2 is 2.16 bits per heavy atom. The molecule has 1 heterocycles. The number of ether oxygens (including phenoxy) is 2. The fraction of sp³-hybridized carbons (Fsp3) is 0.0833. The molecule has 2 aromatic rings. The second kappa shape index (κ2) is 5.62. The molecular weight excluding hydrogens is 275 g/mol. The van der Waals surface area contributed by atoms with Crippen LogP contribution >= 0.6 is 11.6 Å². The van der Waals surface area contributed by atoms with Crippen LogP contribution in [0.5, 0.6) is 11.6 Å². The maximum absolute atomic E-state index is 13.2. The van der Waals surface area contributed by atoms with Crippen LogP contribution in [0.15, 0.2) is 30.6 Å². The van der Waals surface area contributed by atoms with Crippen LogP contribution in [0.2, 0.25) is 5.02 Å². The fourth-order valence-electron chi connectivity index (χ4n) is 1.26. The van der Waals surface area contributed by atoms with E-state index in [2.05, 4.69) is 14.7 Å². The minimum atomic E-state index is -0.639. The third kappa shape index (κ3) is 3.17. The van der Waals surface area contributed by atoms with Crippen molar-refractivity contribution in [3.8, 4) is 11.6 Å². The number of benzene rings is 1. The lowest BCUT2D eigenvalue weighted by molar-refractivity contribution is 0.0592. The summed E-state index contributed by atoms with van der Waals surface area (Å²) >= 11 is 5.55. The van der Waals surface area contributed by atoms with Crippen LogP contribution in [0.4, 0.5) is 4.39 Å². The first-order valence-electron chi connectivity index (χ1n) is 5.13. The topological polar surface area (TPSA) is 61.3 Å². The normalized spacial score (nSPS) is 10.1. The lowest BCUT2D eigenvalue weighted by Crippen LogP contribution is -2.05. The summed E-state index contributed by atoms with van der Waals surface area (Å²) in [7, 11) is 1.23. The van der Waals surface area contributed by atoms with E-state index in [1.807, 2.05) is 0 Å². The average Bonchev–Trinajstić information content (AvgIpc) is 2.42. The van der Waals surface area contributed by atoms with E-state index in [1.54, 1.807) is 0 Å². The highest BCUT2D eigenvalue weighted by Crippen LogP contribution is 2.24. The first-order valence-corrected chi connectivity index (χ1v) is 5.51. The standard InChI is InChI=1S/C12H8ClFN2O3/c1-18-12(17)10-5-15-6-11(16-10)19-7-2-3-8(13)9(14)4-7/h2-6H,1H3. The fourth-order valence-corrected chi connectivity index (χ4v) is 1.38. The molecule has 0 radical (unpaired) electrons. The Bertz CT molecular complexity index is 622. The molecule has 2 rings (SSSR count). The monoisotopic (exact) mass is 282 g/mol. The molecule has 0 amide bonds. The summed E-state index contributed by atoms with van der Waals surface area (Å²) in [5.74, 6) is -1.01. The molecule has 0 atom stereocenters. The maximum Gasteiger partial charge on any atom is 0.358 e. The van der Waals surface area contributed by atoms with Gasteiger partial charge in [-0.2, -0.15) is 0 Å². The Kier molecular flexibility index (Phi) is 3.91. The number of esters is 1. The number of aromatic nitrogens is 2. The molecule has 0 aliphatic carbocycles. The maximum atomic E-state index is 13.2. The highest BCUT2D eigenvalue weighted by Gasteiger charge is 2.10. The van der Waals surface area contributed by atoms with E-state index in [4.69, 9.17) is 16.3 Å². The van der Waals surface area contributed by atoms with Crippen molar-refractivity contribution in [2.75, 3.05) is 7.11 Å². The Morgan fingerprint density at radius 1 is 1.37 bits per heavy atom. The van der Waals surface area contributed by atoms with Gasteiger partial charge in [0, 0.05) is 6.07 Å². The van der Waals surface area contributed by atoms with Gasteiger partial charge in [-0.3, -0.25) is 4.98 Å². The quantitative estimate of drug-likeness (QED) is 0.810. The van der Waals surface area contributed by atoms with Crippen molar-refractivity contribution in [2.24, 2.45) is 0 Å². The molecule has 0 saturated heterocycles. The Morgan fingerprint density at radius 3 is 2.84 bits per heavy atom. The number of carbonyl (C=O) groups excluding carboxylic acids is 1. The van der Waals surface area contributed by atoms with Crippen molar-refractivity contribution in [1.29, 1.82) is 0 Å². The summed E-state index contributed by atoms with van der Waals surface area (Å²) in [5.41, 5.74) is -0.00515. The van der Waals surface area contributed by atoms with Gasteiger partial charge in [-0.25, -0.2) is 14.2 Å². The molecule has 0 bridgehead atoms. The van der Waals surface area contributed by atoms with E-state index in [0.717, 1.165) is 6.07 Å². The zero-order chi connectivity index (χ0) is 13.8. The van der Waals surface area contributed by atoms with Crippen LogP contribution in [0, 0.1) is 5.82 Å². The predicted octanol–water partition coefficient (Wildman–Crippen LogP) is 2.85. The molecule has 0 unspecified atom stereocenters. The lowest BCUT2D eigenvalue weighted by atomic mass is 10.3. The smallest absolute Gasteiger partial charge is 0.358 e. The largest absolute Gasteiger partial charge is 0.464 e. The predicted molar refractivity (Wildman–Crippen MR) is 64.9 cm³/mol. The highest BCUT2D eigenvalue weighted by atomic mass is 35.5. The molecule has 1 aromatic carbocycles. The van der Waals surface area contributed by atoms with Crippen LogP contribution in [0.3, 0.4) is 0 Å². The van der Waals surface area contributed by atoms with E-state index >= 15 is 0 Å². The molecule has 5 nitrogen and oxygen atoms in total. The molecule has 0 spiro atoms. The number of halogens is 2. The summed E-state index contributed by atoms with van der Waals surface area (Å²) in [5, 5.41) is -0.0123. The van der Waals surface area contributed by atoms with Gasteiger partial charge < -0.3 is 9.47 Å². The van der Waals surface area contributed by atoms with Crippen molar-refractivity contribution in [2.45, 2.75) is 0 Å². The zero-order valence-corrected chi connectivity index (χ0v) is 10.5. The van der Waals surface area contributed by atoms with Gasteiger partial charge in [0.05, 0.1) is 24.5 Å². The van der Waals surface area contributed by atoms with E-state index in [1.165, 1.54) is 31.6 Å². The summed E-state index contributed by atoms with van der Waals surface area (Å²) in [6.07, 6.45) is 2.53. The first kappa shape index (κ1) is 13.2. The van der Waals surface area contributed by atoms with E-state index in [-0.39, 0.29) is 22.3 Å². The molecule has 0 saturated carbocycles. The van der Waals surface area contributed by atoms with Gasteiger partial charge >= 0.3 is 5.97 Å². The third-order valence-corrected chi connectivity index (χ3v) is 2.43. The molecule has 98 valence electrons. The molecule has 7 heteroatoms. The molecular formula is C12H8ClFN2O3. The van der Waals surface area contributed by atoms with E-state index < -0.39 is 11.8 Å². The third-order valence-electron chi connectivity index (χ3n) is 2.12. The Hall–Kier alpha value is -2.21. The highest BCUT2D eigenvalue weighted by molar-refractivity contribution is 6.30. The minimum Gasteiger partial charge on any atom is -0.464 e. The molecule has 0 aliphatic heterocycles. The second-order valence-corrected chi connectivity index (χ2v) is 3.82. The summed E-state index contributed by atoms with van der Waals surface area (Å²) in [6, 6.07) is 3.93. The van der Waals surface area contributed by atoms with Gasteiger partial charge in [0.25, 0.3) is 0 Å². The minimum absolute atomic E-state index is 0.00515. The van der Waals surface area contributed by atoms with E-state index in [0.29, 0.717) is 0 Å². The van der Waals surface area contributed by atoms with Crippen molar-refractivity contribution < 1.29 is 18.7 Å². The van der Waals surface area contributed by atoms with Crippen LogP contribution in [0.25, 0.3) is 0 Å². The number of carbonyl (C=O) groups is 1. The molecule has 0 N–H and O–H groups in total. The Labute approximate surface area is 113 Å². The van der Waals surface area contributed by atoms with E-state index in [9.17, 15) is 9.18 Å². The van der Waals surface area contributed by atoms with Crippen molar-refractivity contribution in [1.82, 2.24) is 9.97 Å². The number of methoxy groups -OCH3 is 1. The summed E-state index contributed by atoms with van der Waals surface area (Å²) in [6.45, 7) is 0. The second-order valence-electron chi connectivity index (χ2n) is 3.41. The number of hydrogen-bond acceptors (Lipinski definition) is 5. The van der Waals surface area contributed by atoms with Gasteiger partial charge in [0.15, 0.2) is 5.69 Å². The number of rotatable bonds is 3. The van der Waals surface area contributed by atoms with Gasteiger partial charge in [0.2, 0.25) is 5.88 Å². The van der Waals surface area contributed by atoms with Gasteiger partial charge in [-0.15, -0.1) is 0 Å². The van der Waals surface area contributed by atoms with Crippen molar-refractivity contribution in [3.63, 3.8) is 0 Å². The lowest BCUT2D eigenvalue weighted by Gasteiger charge is -2.05. The van der Waals surface area contributed by atoms with Gasteiger partial charge in [-0.1, -0.05) is 11.6 Å². The van der Waals surface area contributed by atoms with Gasteiger partial charge in [0.1, 0.15) is 11.6 Å². The SMILES string of the molecule is COC(=O)c1cncc(Oc2ccc(Cl)c(F)c2)n1. The van der Waals surface area contributed by atoms with Crippen LogP contribution in [-0.2, 0) is 4.74 Å². The van der Waals surface area contributed by atoms with Crippen LogP contribution in [0.1, 0.15) is 10.5 Å². The van der Waals surface area contributed by atoms with Crippen molar-refractivity contribution in [3.05, 3.63) is 47.1 Å². The summed E-state index contributed by atoms with van der Waals surface area (Å²) in [4.78, 5) is 18.9.